The van der Waals surface area contributed by atoms with Gasteiger partial charge in [-0.1, -0.05) is 12.1 Å². The molecule has 0 bridgehead atoms. The third-order valence-corrected chi connectivity index (χ3v) is 3.65. The van der Waals surface area contributed by atoms with Crippen molar-refractivity contribution in [3.05, 3.63) is 36.0 Å². The van der Waals surface area contributed by atoms with Crippen molar-refractivity contribution in [2.45, 2.75) is 12.8 Å². The minimum Gasteiger partial charge on any atom is -0.497 e. The zero-order valence-corrected chi connectivity index (χ0v) is 15.4. The molecule has 0 aliphatic carbocycles. The third-order valence-electron chi connectivity index (χ3n) is 3.65. The number of ether oxygens (including phenoxy) is 1. The lowest BCUT2D eigenvalue weighted by Crippen LogP contribution is -2.21. The molecule has 0 atom stereocenters. The Hall–Kier alpha value is -2.83. The minimum absolute atomic E-state index is 0.0693. The van der Waals surface area contributed by atoms with E-state index in [4.69, 9.17) is 4.74 Å². The van der Waals surface area contributed by atoms with E-state index in [0.717, 1.165) is 11.3 Å². The molecule has 0 fully saturated rings. The van der Waals surface area contributed by atoms with E-state index >= 15 is 0 Å². The minimum atomic E-state index is -0.0693. The van der Waals surface area contributed by atoms with Gasteiger partial charge in [-0.3, -0.25) is 4.79 Å². The van der Waals surface area contributed by atoms with Gasteiger partial charge >= 0.3 is 0 Å². The Morgan fingerprint density at radius 1 is 1.12 bits per heavy atom. The molecule has 0 saturated heterocycles. The molecule has 2 aromatic rings. The molecule has 1 N–H and O–H groups in total. The Kier molecular flexibility index (Phi) is 6.16. The summed E-state index contributed by atoms with van der Waals surface area (Å²) in [6.07, 6.45) is 2.68. The summed E-state index contributed by atoms with van der Waals surface area (Å²) >= 11 is 0. The van der Waals surface area contributed by atoms with Gasteiger partial charge in [0.2, 0.25) is 11.9 Å². The fraction of sp³-hybridized carbons (Fsp3) is 0.389. The van der Waals surface area contributed by atoms with Crippen LogP contribution in [0.5, 0.6) is 5.75 Å². The lowest BCUT2D eigenvalue weighted by molar-refractivity contribution is -0.116. The zero-order valence-electron chi connectivity index (χ0n) is 15.4. The lowest BCUT2D eigenvalue weighted by atomic mass is 10.1. The van der Waals surface area contributed by atoms with E-state index < -0.39 is 0 Å². The second-order valence-electron chi connectivity index (χ2n) is 6.09. The van der Waals surface area contributed by atoms with Gasteiger partial charge in [-0.2, -0.15) is 4.98 Å². The highest BCUT2D eigenvalue weighted by Crippen LogP contribution is 2.23. The number of anilines is 3. The van der Waals surface area contributed by atoms with E-state index in [1.807, 2.05) is 62.3 Å². The highest BCUT2D eigenvalue weighted by Gasteiger charge is 2.13. The van der Waals surface area contributed by atoms with Crippen LogP contribution in [0.3, 0.4) is 0 Å². The van der Waals surface area contributed by atoms with E-state index in [0.29, 0.717) is 30.3 Å². The molecule has 0 radical (unpaired) electrons. The Bertz CT molecular complexity index is 714. The van der Waals surface area contributed by atoms with Gasteiger partial charge < -0.3 is 19.9 Å². The van der Waals surface area contributed by atoms with Crippen LogP contribution in [0.1, 0.15) is 12.0 Å². The summed E-state index contributed by atoms with van der Waals surface area (Å²) in [5.74, 6) is 2.01. The molecule has 2 rings (SSSR count). The number of benzene rings is 1. The van der Waals surface area contributed by atoms with Crippen molar-refractivity contribution >= 4 is 23.4 Å². The SMILES string of the molecule is COc1ccc(CCC(=O)Nc2cnc(N(C)C)nc2N(C)C)cc1. The molecule has 0 aliphatic rings. The number of nitrogens with zero attached hydrogens (tertiary/aromatic N) is 4. The molecule has 7 nitrogen and oxygen atoms in total. The number of amides is 1. The number of carbonyl (C=O) groups excluding carboxylic acids is 1. The van der Waals surface area contributed by atoms with E-state index in [-0.39, 0.29) is 5.91 Å². The molecular weight excluding hydrogens is 318 g/mol. The van der Waals surface area contributed by atoms with Crippen molar-refractivity contribution in [3.63, 3.8) is 0 Å². The Balaban J connectivity index is 2.01. The summed E-state index contributed by atoms with van der Waals surface area (Å²) in [6, 6.07) is 7.72. The third kappa shape index (κ3) is 5.07. The van der Waals surface area contributed by atoms with Gasteiger partial charge in [-0.05, 0) is 24.1 Å². The largest absolute Gasteiger partial charge is 0.497 e. The Labute approximate surface area is 148 Å². The zero-order chi connectivity index (χ0) is 18.4. The van der Waals surface area contributed by atoms with Crippen molar-refractivity contribution < 1.29 is 9.53 Å². The standard InChI is InChI=1S/C18H25N5O2/c1-22(2)17-15(12-19-18(21-17)23(3)4)20-16(24)11-8-13-6-9-14(25-5)10-7-13/h6-7,9-10,12H,8,11H2,1-5H3,(H,20,24). The predicted molar refractivity (Wildman–Crippen MR) is 101 cm³/mol. The van der Waals surface area contributed by atoms with Crippen LogP contribution in [0.15, 0.2) is 30.5 Å². The maximum atomic E-state index is 12.3. The fourth-order valence-corrected chi connectivity index (χ4v) is 2.27. The quantitative estimate of drug-likeness (QED) is 0.831. The Morgan fingerprint density at radius 3 is 2.36 bits per heavy atom. The van der Waals surface area contributed by atoms with Crippen LogP contribution in [-0.4, -0.2) is 51.2 Å². The second-order valence-corrected chi connectivity index (χ2v) is 6.09. The molecule has 1 heterocycles. The van der Waals surface area contributed by atoms with Crippen molar-refractivity contribution in [2.24, 2.45) is 0 Å². The number of carbonyl (C=O) groups is 1. The molecule has 0 saturated carbocycles. The van der Waals surface area contributed by atoms with Gasteiger partial charge in [0.15, 0.2) is 5.82 Å². The number of aryl methyl sites for hydroxylation is 1. The molecule has 0 aliphatic heterocycles. The first-order chi connectivity index (χ1) is 11.9. The Morgan fingerprint density at radius 2 is 1.80 bits per heavy atom. The monoisotopic (exact) mass is 343 g/mol. The average Bonchev–Trinajstić information content (AvgIpc) is 2.60. The van der Waals surface area contributed by atoms with Crippen LogP contribution < -0.4 is 19.9 Å². The average molecular weight is 343 g/mol. The highest BCUT2D eigenvalue weighted by atomic mass is 16.5. The van der Waals surface area contributed by atoms with Gasteiger partial charge in [-0.25, -0.2) is 4.98 Å². The summed E-state index contributed by atoms with van der Waals surface area (Å²) in [6.45, 7) is 0. The topological polar surface area (TPSA) is 70.6 Å². The van der Waals surface area contributed by atoms with E-state index in [2.05, 4.69) is 15.3 Å². The van der Waals surface area contributed by atoms with Crippen molar-refractivity contribution in [3.8, 4) is 5.75 Å². The van der Waals surface area contributed by atoms with E-state index in [1.165, 1.54) is 0 Å². The second kappa shape index (κ2) is 8.32. The fourth-order valence-electron chi connectivity index (χ4n) is 2.27. The van der Waals surface area contributed by atoms with Crippen LogP contribution in [0.25, 0.3) is 0 Å². The predicted octanol–water partition coefficient (Wildman–Crippen LogP) is 2.19. The first-order valence-corrected chi connectivity index (χ1v) is 8.05. The molecule has 7 heteroatoms. The number of aromatic nitrogens is 2. The molecule has 1 aromatic carbocycles. The van der Waals surface area contributed by atoms with Gasteiger partial charge in [0, 0.05) is 34.6 Å². The normalized spacial score (nSPS) is 10.3. The summed E-state index contributed by atoms with van der Waals surface area (Å²) in [5, 5.41) is 2.90. The van der Waals surface area contributed by atoms with Crippen LogP contribution in [-0.2, 0) is 11.2 Å². The van der Waals surface area contributed by atoms with E-state index in [1.54, 1.807) is 13.3 Å². The lowest BCUT2D eigenvalue weighted by Gasteiger charge is -2.19. The van der Waals surface area contributed by atoms with Gasteiger partial charge in [0.25, 0.3) is 0 Å². The molecule has 0 unspecified atom stereocenters. The molecule has 0 spiro atoms. The van der Waals surface area contributed by atoms with Crippen molar-refractivity contribution in [1.82, 2.24) is 9.97 Å². The summed E-state index contributed by atoms with van der Waals surface area (Å²) < 4.78 is 5.13. The number of hydrogen-bond acceptors (Lipinski definition) is 6. The molecule has 1 aromatic heterocycles. The number of rotatable bonds is 7. The summed E-state index contributed by atoms with van der Waals surface area (Å²) in [5.41, 5.74) is 1.69. The van der Waals surface area contributed by atoms with Crippen LogP contribution >= 0.6 is 0 Å². The van der Waals surface area contributed by atoms with Crippen LogP contribution in [0.2, 0.25) is 0 Å². The van der Waals surface area contributed by atoms with Gasteiger partial charge in [0.05, 0.1) is 13.3 Å². The number of hydrogen-bond donors (Lipinski definition) is 1. The first-order valence-electron chi connectivity index (χ1n) is 8.05. The van der Waals surface area contributed by atoms with Crippen LogP contribution in [0.4, 0.5) is 17.5 Å². The molecule has 134 valence electrons. The van der Waals surface area contributed by atoms with Crippen molar-refractivity contribution in [2.75, 3.05) is 50.4 Å². The van der Waals surface area contributed by atoms with Gasteiger partial charge in [0.1, 0.15) is 11.4 Å². The smallest absolute Gasteiger partial charge is 0.226 e. The maximum Gasteiger partial charge on any atom is 0.226 e. The first kappa shape index (κ1) is 18.5. The van der Waals surface area contributed by atoms with E-state index in [9.17, 15) is 4.79 Å². The van der Waals surface area contributed by atoms with Gasteiger partial charge in [-0.15, -0.1) is 0 Å². The summed E-state index contributed by atoms with van der Waals surface area (Å²) in [7, 11) is 9.15. The molecular formula is C18H25N5O2. The summed E-state index contributed by atoms with van der Waals surface area (Å²) in [4.78, 5) is 24.7. The highest BCUT2D eigenvalue weighted by molar-refractivity contribution is 5.93. The molecule has 1 amide bonds. The number of nitrogens with one attached hydrogen (secondary N) is 1. The molecule has 25 heavy (non-hydrogen) atoms. The maximum absolute atomic E-state index is 12.3. The van der Waals surface area contributed by atoms with Crippen molar-refractivity contribution in [1.29, 1.82) is 0 Å². The van der Waals surface area contributed by atoms with Crippen LogP contribution in [0, 0.1) is 0 Å². The number of methoxy groups -OCH3 is 1.